The van der Waals surface area contributed by atoms with E-state index in [1.807, 2.05) is 0 Å². The molecule has 0 aromatic heterocycles. The Balaban J connectivity index is 1.50. The lowest BCUT2D eigenvalue weighted by Gasteiger charge is -2.10. The Morgan fingerprint density at radius 2 is 1.33 bits per heavy atom. The van der Waals surface area contributed by atoms with E-state index in [0.29, 0.717) is 16.8 Å². The maximum atomic E-state index is 13.1. The first-order chi connectivity index (χ1) is 14.5. The zero-order valence-corrected chi connectivity index (χ0v) is 16.0. The van der Waals surface area contributed by atoms with Gasteiger partial charge in [-0.2, -0.15) is 0 Å². The van der Waals surface area contributed by atoms with Crippen LogP contribution in [0.25, 0.3) is 0 Å². The fraction of sp³-hybridized carbons (Fsp3) is 0.125. The van der Waals surface area contributed by atoms with Gasteiger partial charge in [-0.25, -0.2) is 4.39 Å². The topological polar surface area (TPSA) is 75.3 Å². The highest BCUT2D eigenvalue weighted by Gasteiger charge is 2.24. The number of nitrogens with one attached hydrogen (secondary N) is 2. The van der Waals surface area contributed by atoms with Gasteiger partial charge in [-0.15, -0.1) is 0 Å². The van der Waals surface area contributed by atoms with Gasteiger partial charge in [0.25, 0.3) is 11.8 Å². The molecule has 0 unspecified atom stereocenters. The molecule has 1 fully saturated rings. The number of ketones is 1. The minimum atomic E-state index is -0.448. The summed E-state index contributed by atoms with van der Waals surface area (Å²) in [6, 6.07) is 18.5. The SMILES string of the molecule is O=C(NC1CC1)c1ccc(NC(=O)c2ccccc2C(=O)c2ccc(F)cc2)cc1. The second-order valence-electron chi connectivity index (χ2n) is 7.16. The Kier molecular flexibility index (Phi) is 5.39. The number of rotatable bonds is 6. The Morgan fingerprint density at radius 1 is 0.733 bits per heavy atom. The van der Waals surface area contributed by atoms with E-state index in [1.54, 1.807) is 48.5 Å². The van der Waals surface area contributed by atoms with Crippen molar-refractivity contribution in [3.05, 3.63) is 101 Å². The molecule has 0 radical (unpaired) electrons. The molecule has 0 spiro atoms. The molecule has 3 aromatic carbocycles. The Labute approximate surface area is 172 Å². The van der Waals surface area contributed by atoms with Gasteiger partial charge in [0.05, 0.1) is 5.56 Å². The van der Waals surface area contributed by atoms with Crippen LogP contribution in [0, 0.1) is 5.82 Å². The van der Waals surface area contributed by atoms with E-state index in [0.717, 1.165) is 12.8 Å². The summed E-state index contributed by atoms with van der Waals surface area (Å²) in [4.78, 5) is 37.7. The van der Waals surface area contributed by atoms with Crippen molar-refractivity contribution in [1.82, 2.24) is 5.32 Å². The molecule has 1 aliphatic rings. The lowest BCUT2D eigenvalue weighted by atomic mass is 9.98. The minimum absolute atomic E-state index is 0.134. The van der Waals surface area contributed by atoms with Crippen molar-refractivity contribution in [3.63, 3.8) is 0 Å². The predicted octanol–water partition coefficient (Wildman–Crippen LogP) is 4.20. The number of anilines is 1. The molecule has 2 N–H and O–H groups in total. The number of hydrogen-bond acceptors (Lipinski definition) is 3. The van der Waals surface area contributed by atoms with Gasteiger partial charge in [0.15, 0.2) is 5.78 Å². The summed E-state index contributed by atoms with van der Waals surface area (Å²) < 4.78 is 13.1. The molecule has 1 saturated carbocycles. The first-order valence-corrected chi connectivity index (χ1v) is 9.63. The second kappa shape index (κ2) is 8.29. The van der Waals surface area contributed by atoms with Gasteiger partial charge in [-0.05, 0) is 67.4 Å². The maximum absolute atomic E-state index is 13.1. The maximum Gasteiger partial charge on any atom is 0.256 e. The highest BCUT2D eigenvalue weighted by molar-refractivity contribution is 6.17. The fourth-order valence-corrected chi connectivity index (χ4v) is 3.04. The molecule has 4 rings (SSSR count). The zero-order chi connectivity index (χ0) is 21.1. The van der Waals surface area contributed by atoms with Crippen LogP contribution in [0.3, 0.4) is 0 Å². The molecular weight excluding hydrogens is 383 g/mol. The lowest BCUT2D eigenvalue weighted by Crippen LogP contribution is -2.25. The van der Waals surface area contributed by atoms with Crippen LogP contribution in [-0.2, 0) is 0 Å². The monoisotopic (exact) mass is 402 g/mol. The van der Waals surface area contributed by atoms with Crippen molar-refractivity contribution in [2.24, 2.45) is 0 Å². The number of carbonyl (C=O) groups is 3. The van der Waals surface area contributed by atoms with Gasteiger partial charge >= 0.3 is 0 Å². The summed E-state index contributed by atoms with van der Waals surface area (Å²) in [5.74, 6) is -1.39. The van der Waals surface area contributed by atoms with Gasteiger partial charge in [0.2, 0.25) is 0 Å². The molecule has 0 bridgehead atoms. The average molecular weight is 402 g/mol. The van der Waals surface area contributed by atoms with Gasteiger partial charge in [-0.3, -0.25) is 14.4 Å². The van der Waals surface area contributed by atoms with Crippen LogP contribution < -0.4 is 10.6 Å². The molecular formula is C24H19FN2O3. The van der Waals surface area contributed by atoms with E-state index in [2.05, 4.69) is 10.6 Å². The summed E-state index contributed by atoms with van der Waals surface area (Å²) >= 11 is 0. The van der Waals surface area contributed by atoms with Crippen molar-refractivity contribution in [2.75, 3.05) is 5.32 Å². The summed E-state index contributed by atoms with van der Waals surface area (Å²) in [5, 5.41) is 5.66. The van der Waals surface area contributed by atoms with Crippen molar-refractivity contribution in [1.29, 1.82) is 0 Å². The molecule has 0 heterocycles. The largest absolute Gasteiger partial charge is 0.349 e. The smallest absolute Gasteiger partial charge is 0.256 e. The molecule has 6 heteroatoms. The Hall–Kier alpha value is -3.80. The quantitative estimate of drug-likeness (QED) is 0.607. The molecule has 3 aromatic rings. The fourth-order valence-electron chi connectivity index (χ4n) is 3.04. The Bertz CT molecular complexity index is 1100. The van der Waals surface area contributed by atoms with Crippen LogP contribution in [0.4, 0.5) is 10.1 Å². The zero-order valence-electron chi connectivity index (χ0n) is 16.0. The molecule has 0 aliphatic heterocycles. The van der Waals surface area contributed by atoms with E-state index in [-0.39, 0.29) is 28.9 Å². The summed E-state index contributed by atoms with van der Waals surface area (Å²) in [6.45, 7) is 0. The van der Waals surface area contributed by atoms with Crippen LogP contribution in [0.1, 0.15) is 49.5 Å². The molecule has 1 aliphatic carbocycles. The van der Waals surface area contributed by atoms with Crippen LogP contribution in [-0.4, -0.2) is 23.6 Å². The predicted molar refractivity (Wildman–Crippen MR) is 111 cm³/mol. The van der Waals surface area contributed by atoms with E-state index >= 15 is 0 Å². The first kappa shape index (κ1) is 19.5. The number of halogens is 1. The van der Waals surface area contributed by atoms with Crippen LogP contribution in [0.2, 0.25) is 0 Å². The van der Waals surface area contributed by atoms with E-state index in [9.17, 15) is 18.8 Å². The normalized spacial score (nSPS) is 12.8. The van der Waals surface area contributed by atoms with Gasteiger partial charge in [-0.1, -0.05) is 18.2 Å². The van der Waals surface area contributed by atoms with E-state index in [1.165, 1.54) is 24.3 Å². The van der Waals surface area contributed by atoms with Gasteiger partial charge in [0, 0.05) is 28.4 Å². The van der Waals surface area contributed by atoms with Crippen LogP contribution >= 0.6 is 0 Å². The average Bonchev–Trinajstić information content (AvgIpc) is 3.58. The highest BCUT2D eigenvalue weighted by Crippen LogP contribution is 2.20. The van der Waals surface area contributed by atoms with Gasteiger partial charge in [0.1, 0.15) is 5.82 Å². The molecule has 0 saturated heterocycles. The Morgan fingerprint density at radius 3 is 1.97 bits per heavy atom. The molecule has 30 heavy (non-hydrogen) atoms. The van der Waals surface area contributed by atoms with Crippen LogP contribution in [0.5, 0.6) is 0 Å². The highest BCUT2D eigenvalue weighted by atomic mass is 19.1. The van der Waals surface area contributed by atoms with Crippen molar-refractivity contribution < 1.29 is 18.8 Å². The number of benzene rings is 3. The molecule has 5 nitrogen and oxygen atoms in total. The summed E-state index contributed by atoms with van der Waals surface area (Å²) in [7, 11) is 0. The summed E-state index contributed by atoms with van der Waals surface area (Å²) in [5.41, 5.74) is 1.76. The van der Waals surface area contributed by atoms with E-state index < -0.39 is 11.7 Å². The van der Waals surface area contributed by atoms with Crippen molar-refractivity contribution in [3.8, 4) is 0 Å². The molecule has 150 valence electrons. The first-order valence-electron chi connectivity index (χ1n) is 9.63. The number of amides is 2. The lowest BCUT2D eigenvalue weighted by molar-refractivity contribution is 0.0950. The van der Waals surface area contributed by atoms with Crippen molar-refractivity contribution in [2.45, 2.75) is 18.9 Å². The molecule has 2 amide bonds. The second-order valence-corrected chi connectivity index (χ2v) is 7.16. The van der Waals surface area contributed by atoms with Crippen molar-refractivity contribution >= 4 is 23.3 Å². The minimum Gasteiger partial charge on any atom is -0.349 e. The van der Waals surface area contributed by atoms with Crippen LogP contribution in [0.15, 0.2) is 72.8 Å². The standard InChI is InChI=1S/C24H19FN2O3/c25-17-9-5-15(6-10-17)22(28)20-3-1-2-4-21(20)24(30)27-18-11-7-16(8-12-18)23(29)26-19-13-14-19/h1-12,19H,13-14H2,(H,26,29)(H,27,30). The number of carbonyl (C=O) groups excluding carboxylic acids is 3. The third-order valence-corrected chi connectivity index (χ3v) is 4.84. The third-order valence-electron chi connectivity index (χ3n) is 4.84. The summed E-state index contributed by atoms with van der Waals surface area (Å²) in [6.07, 6.45) is 2.02. The van der Waals surface area contributed by atoms with Gasteiger partial charge < -0.3 is 10.6 Å². The number of hydrogen-bond donors (Lipinski definition) is 2. The third kappa shape index (κ3) is 4.43. The van der Waals surface area contributed by atoms with E-state index in [4.69, 9.17) is 0 Å². The molecule has 0 atom stereocenters.